The van der Waals surface area contributed by atoms with Gasteiger partial charge in [-0.25, -0.2) is 0 Å². The zero-order valence-electron chi connectivity index (χ0n) is 8.49. The molecular weight excluding hydrogens is 168 g/mol. The Morgan fingerprint density at radius 3 is 2.69 bits per heavy atom. The second-order valence-corrected chi connectivity index (χ2v) is 4.05. The normalized spacial score (nSPS) is 38.6. The van der Waals surface area contributed by atoms with Gasteiger partial charge in [0.1, 0.15) is 12.2 Å². The van der Waals surface area contributed by atoms with Gasteiger partial charge >= 0.3 is 0 Å². The lowest BCUT2D eigenvalue weighted by Crippen LogP contribution is -2.52. The molecule has 0 radical (unpaired) electrons. The summed E-state index contributed by atoms with van der Waals surface area (Å²) in [5.41, 5.74) is -0.251. The average molecular weight is 186 g/mol. The van der Waals surface area contributed by atoms with E-state index in [4.69, 9.17) is 9.47 Å². The molecule has 13 heavy (non-hydrogen) atoms. The third-order valence-electron chi connectivity index (χ3n) is 2.40. The van der Waals surface area contributed by atoms with E-state index in [-0.39, 0.29) is 17.8 Å². The molecule has 1 heterocycles. The summed E-state index contributed by atoms with van der Waals surface area (Å²) >= 11 is 0. The lowest BCUT2D eigenvalue weighted by Gasteiger charge is -2.42. The van der Waals surface area contributed by atoms with Crippen molar-refractivity contribution in [1.82, 2.24) is 0 Å². The van der Waals surface area contributed by atoms with Crippen molar-refractivity contribution >= 4 is 0 Å². The van der Waals surface area contributed by atoms with E-state index in [2.05, 4.69) is 6.58 Å². The van der Waals surface area contributed by atoms with Crippen LogP contribution in [0, 0.1) is 0 Å². The minimum absolute atomic E-state index is 0.160. The summed E-state index contributed by atoms with van der Waals surface area (Å²) in [6, 6.07) is 0. The lowest BCUT2D eigenvalue weighted by molar-refractivity contribution is -0.193. The van der Waals surface area contributed by atoms with Crippen LogP contribution in [0.5, 0.6) is 0 Å². The first-order valence-electron chi connectivity index (χ1n) is 4.51. The Bertz CT molecular complexity index is 189. The standard InChI is InChI=1S/C10H18O3/c1-5-7-9(11)8(12-4)6-10(2,3)13-7/h5,7-9,11H,1,6H2,2-4H3/t7-,8+,9-/m1/s1. The number of aliphatic hydroxyl groups excluding tert-OH is 1. The number of hydrogen-bond acceptors (Lipinski definition) is 3. The first-order valence-corrected chi connectivity index (χ1v) is 4.51. The van der Waals surface area contributed by atoms with Gasteiger partial charge in [-0.05, 0) is 13.8 Å². The van der Waals surface area contributed by atoms with Crippen LogP contribution in [0.15, 0.2) is 12.7 Å². The molecule has 1 rings (SSSR count). The van der Waals surface area contributed by atoms with Crippen molar-refractivity contribution in [3.8, 4) is 0 Å². The van der Waals surface area contributed by atoms with Crippen molar-refractivity contribution in [2.24, 2.45) is 0 Å². The van der Waals surface area contributed by atoms with Gasteiger partial charge in [-0.1, -0.05) is 6.08 Å². The molecule has 1 N–H and O–H groups in total. The zero-order valence-corrected chi connectivity index (χ0v) is 8.49. The SMILES string of the molecule is C=C[C@H]1OC(C)(C)C[C@H](OC)[C@@H]1O. The fraction of sp³-hybridized carbons (Fsp3) is 0.800. The third kappa shape index (κ3) is 2.30. The molecule has 0 unspecified atom stereocenters. The van der Waals surface area contributed by atoms with Gasteiger partial charge in [0, 0.05) is 13.5 Å². The predicted molar refractivity (Wildman–Crippen MR) is 50.6 cm³/mol. The van der Waals surface area contributed by atoms with Crippen molar-refractivity contribution in [2.75, 3.05) is 7.11 Å². The minimum atomic E-state index is -0.601. The summed E-state index contributed by atoms with van der Waals surface area (Å²) in [5, 5.41) is 9.74. The fourth-order valence-corrected chi connectivity index (χ4v) is 1.71. The van der Waals surface area contributed by atoms with Crippen LogP contribution in [0.1, 0.15) is 20.3 Å². The second kappa shape index (κ2) is 3.78. The lowest BCUT2D eigenvalue weighted by atomic mass is 9.90. The van der Waals surface area contributed by atoms with Crippen LogP contribution >= 0.6 is 0 Å². The Hall–Kier alpha value is -0.380. The van der Waals surface area contributed by atoms with Gasteiger partial charge in [-0.2, -0.15) is 0 Å². The molecule has 76 valence electrons. The molecule has 1 aliphatic rings. The highest BCUT2D eigenvalue weighted by Gasteiger charge is 2.40. The van der Waals surface area contributed by atoms with E-state index in [1.807, 2.05) is 13.8 Å². The van der Waals surface area contributed by atoms with E-state index < -0.39 is 6.10 Å². The number of rotatable bonds is 2. The Kier molecular flexibility index (Phi) is 3.11. The zero-order chi connectivity index (χ0) is 10.1. The Morgan fingerprint density at radius 2 is 2.23 bits per heavy atom. The summed E-state index contributed by atoms with van der Waals surface area (Å²) in [6.07, 6.45) is 1.24. The summed E-state index contributed by atoms with van der Waals surface area (Å²) in [5.74, 6) is 0. The van der Waals surface area contributed by atoms with Crippen LogP contribution in [-0.4, -0.2) is 36.1 Å². The van der Waals surface area contributed by atoms with Crippen LogP contribution in [0.2, 0.25) is 0 Å². The summed E-state index contributed by atoms with van der Waals surface area (Å²) < 4.78 is 10.8. The van der Waals surface area contributed by atoms with Crippen LogP contribution < -0.4 is 0 Å². The predicted octanol–water partition coefficient (Wildman–Crippen LogP) is 1.12. The topological polar surface area (TPSA) is 38.7 Å². The summed E-state index contributed by atoms with van der Waals surface area (Å²) in [4.78, 5) is 0. The number of hydrogen-bond donors (Lipinski definition) is 1. The summed E-state index contributed by atoms with van der Waals surface area (Å²) in [6.45, 7) is 7.60. The van der Waals surface area contributed by atoms with Gasteiger partial charge in [0.25, 0.3) is 0 Å². The highest BCUT2D eigenvalue weighted by Crippen LogP contribution is 2.30. The van der Waals surface area contributed by atoms with Gasteiger partial charge in [-0.15, -0.1) is 6.58 Å². The van der Waals surface area contributed by atoms with E-state index in [9.17, 15) is 5.11 Å². The molecule has 0 saturated carbocycles. The van der Waals surface area contributed by atoms with Gasteiger partial charge in [0.15, 0.2) is 0 Å². The van der Waals surface area contributed by atoms with Crippen molar-refractivity contribution in [3.05, 3.63) is 12.7 Å². The molecule has 3 nitrogen and oxygen atoms in total. The molecule has 0 aromatic carbocycles. The quantitative estimate of drug-likeness (QED) is 0.657. The maximum Gasteiger partial charge on any atom is 0.110 e. The van der Waals surface area contributed by atoms with Crippen molar-refractivity contribution in [1.29, 1.82) is 0 Å². The number of ether oxygens (including phenoxy) is 2. The molecule has 3 heteroatoms. The van der Waals surface area contributed by atoms with Crippen molar-refractivity contribution < 1.29 is 14.6 Å². The third-order valence-corrected chi connectivity index (χ3v) is 2.40. The fourth-order valence-electron chi connectivity index (χ4n) is 1.71. The highest BCUT2D eigenvalue weighted by atomic mass is 16.5. The molecular formula is C10H18O3. The molecule has 0 spiro atoms. The smallest absolute Gasteiger partial charge is 0.110 e. The molecule has 0 aromatic rings. The Labute approximate surface area is 79.3 Å². The molecule has 3 atom stereocenters. The molecule has 0 amide bonds. The molecule has 1 saturated heterocycles. The van der Waals surface area contributed by atoms with Crippen molar-refractivity contribution in [2.45, 2.75) is 44.2 Å². The first-order chi connectivity index (χ1) is 6.00. The molecule has 0 aliphatic carbocycles. The van der Waals surface area contributed by atoms with Gasteiger partial charge in [0.2, 0.25) is 0 Å². The van der Waals surface area contributed by atoms with E-state index in [1.165, 1.54) is 0 Å². The maximum atomic E-state index is 9.74. The number of aliphatic hydroxyl groups is 1. The minimum Gasteiger partial charge on any atom is -0.387 e. The van der Waals surface area contributed by atoms with E-state index in [1.54, 1.807) is 13.2 Å². The molecule has 1 fully saturated rings. The molecule has 0 aromatic heterocycles. The van der Waals surface area contributed by atoms with Crippen LogP contribution in [0.4, 0.5) is 0 Å². The first kappa shape index (κ1) is 10.7. The largest absolute Gasteiger partial charge is 0.387 e. The van der Waals surface area contributed by atoms with Crippen molar-refractivity contribution in [3.63, 3.8) is 0 Å². The van der Waals surface area contributed by atoms with Gasteiger partial charge in [-0.3, -0.25) is 0 Å². The average Bonchev–Trinajstić information content (AvgIpc) is 2.08. The monoisotopic (exact) mass is 186 g/mol. The van der Waals surface area contributed by atoms with Crippen LogP contribution in [-0.2, 0) is 9.47 Å². The van der Waals surface area contributed by atoms with E-state index in [0.29, 0.717) is 6.42 Å². The Balaban J connectivity index is 2.74. The second-order valence-electron chi connectivity index (χ2n) is 4.05. The van der Waals surface area contributed by atoms with E-state index in [0.717, 1.165) is 0 Å². The maximum absolute atomic E-state index is 9.74. The highest BCUT2D eigenvalue weighted by molar-refractivity contribution is 4.98. The Morgan fingerprint density at radius 1 is 1.62 bits per heavy atom. The van der Waals surface area contributed by atoms with Gasteiger partial charge < -0.3 is 14.6 Å². The van der Waals surface area contributed by atoms with Gasteiger partial charge in [0.05, 0.1) is 11.7 Å². The molecule has 0 bridgehead atoms. The molecule has 1 aliphatic heterocycles. The van der Waals surface area contributed by atoms with Crippen LogP contribution in [0.3, 0.4) is 0 Å². The van der Waals surface area contributed by atoms with Crippen LogP contribution in [0.25, 0.3) is 0 Å². The summed E-state index contributed by atoms with van der Waals surface area (Å²) in [7, 11) is 1.61. The number of methoxy groups -OCH3 is 1. The van der Waals surface area contributed by atoms with E-state index >= 15 is 0 Å².